The summed E-state index contributed by atoms with van der Waals surface area (Å²) < 4.78 is 5.48. The predicted octanol–water partition coefficient (Wildman–Crippen LogP) is 2.40. The van der Waals surface area contributed by atoms with Crippen LogP contribution in [0.4, 0.5) is 10.8 Å². The van der Waals surface area contributed by atoms with Crippen molar-refractivity contribution in [1.82, 2.24) is 10.2 Å². The molecule has 8 nitrogen and oxygen atoms in total. The summed E-state index contributed by atoms with van der Waals surface area (Å²) in [5.41, 5.74) is 1.00. The fourth-order valence-corrected chi connectivity index (χ4v) is 3.30. The molecule has 0 aliphatic carbocycles. The normalized spacial score (nSPS) is 10.2. The first-order chi connectivity index (χ1) is 12.0. The van der Waals surface area contributed by atoms with Crippen molar-refractivity contribution >= 4 is 51.7 Å². The van der Waals surface area contributed by atoms with Gasteiger partial charge in [0.1, 0.15) is 0 Å². The van der Waals surface area contributed by atoms with Gasteiger partial charge in [0.15, 0.2) is 4.34 Å². The zero-order valence-electron chi connectivity index (χ0n) is 13.6. The molecule has 0 saturated carbocycles. The summed E-state index contributed by atoms with van der Waals surface area (Å²) >= 11 is 2.41. The van der Waals surface area contributed by atoms with Gasteiger partial charge in [0.05, 0.1) is 17.9 Å². The quantitative estimate of drug-likeness (QED) is 0.431. The molecule has 0 atom stereocenters. The van der Waals surface area contributed by atoms with Crippen molar-refractivity contribution in [2.75, 3.05) is 23.0 Å². The number of aromatic nitrogens is 2. The maximum absolute atomic E-state index is 12.0. The van der Waals surface area contributed by atoms with Crippen LogP contribution in [0.2, 0.25) is 0 Å². The number of nitrogens with one attached hydrogen (secondary N) is 2. The third-order valence-corrected chi connectivity index (χ3v) is 4.67. The molecule has 1 aromatic heterocycles. The molecule has 0 fully saturated rings. The second kappa shape index (κ2) is 9.14. The summed E-state index contributed by atoms with van der Waals surface area (Å²) in [7, 11) is 0. The fourth-order valence-electron chi connectivity index (χ4n) is 1.70. The van der Waals surface area contributed by atoms with E-state index >= 15 is 0 Å². The summed E-state index contributed by atoms with van der Waals surface area (Å²) in [6, 6.07) is 6.44. The van der Waals surface area contributed by atoms with Crippen molar-refractivity contribution in [2.45, 2.75) is 18.2 Å². The average molecular weight is 380 g/mol. The molecule has 0 saturated heterocycles. The van der Waals surface area contributed by atoms with E-state index in [2.05, 4.69) is 20.8 Å². The minimum atomic E-state index is -0.401. The van der Waals surface area contributed by atoms with Crippen LogP contribution in [-0.4, -0.2) is 40.3 Å². The maximum atomic E-state index is 12.0. The zero-order chi connectivity index (χ0) is 18.2. The minimum Gasteiger partial charge on any atom is -0.462 e. The Morgan fingerprint density at radius 1 is 1.16 bits per heavy atom. The zero-order valence-corrected chi connectivity index (χ0v) is 15.2. The van der Waals surface area contributed by atoms with Crippen LogP contribution in [-0.2, 0) is 14.3 Å². The van der Waals surface area contributed by atoms with E-state index in [0.717, 1.165) is 0 Å². The topological polar surface area (TPSA) is 110 Å². The number of rotatable bonds is 7. The Balaban J connectivity index is 1.82. The smallest absolute Gasteiger partial charge is 0.338 e. The summed E-state index contributed by atoms with van der Waals surface area (Å²) in [5.74, 6) is -0.696. The maximum Gasteiger partial charge on any atom is 0.338 e. The predicted molar refractivity (Wildman–Crippen MR) is 96.0 cm³/mol. The molecule has 0 aliphatic rings. The molecule has 2 N–H and O–H groups in total. The number of carbonyl (C=O) groups excluding carboxylic acids is 3. The lowest BCUT2D eigenvalue weighted by atomic mass is 10.2. The van der Waals surface area contributed by atoms with Crippen molar-refractivity contribution in [3.05, 3.63) is 29.8 Å². The largest absolute Gasteiger partial charge is 0.462 e. The SMILES string of the molecule is CCOC(=O)c1ccc(NC(=O)CSc2nnc(NC(C)=O)s2)cc1. The fraction of sp³-hybridized carbons (Fsp3) is 0.267. The second-order valence-electron chi connectivity index (χ2n) is 4.69. The number of benzene rings is 1. The van der Waals surface area contributed by atoms with Gasteiger partial charge in [-0.05, 0) is 31.2 Å². The number of esters is 1. The Kier molecular flexibility index (Phi) is 6.90. The molecule has 132 valence electrons. The first-order valence-electron chi connectivity index (χ1n) is 7.29. The Bertz CT molecular complexity index is 761. The molecule has 2 aromatic rings. The molecule has 1 aromatic carbocycles. The van der Waals surface area contributed by atoms with Crippen LogP contribution in [0.25, 0.3) is 0 Å². The van der Waals surface area contributed by atoms with Crippen LogP contribution in [0.3, 0.4) is 0 Å². The van der Waals surface area contributed by atoms with E-state index in [1.165, 1.54) is 30.0 Å². The number of amides is 2. The third-order valence-electron chi connectivity index (χ3n) is 2.70. The van der Waals surface area contributed by atoms with E-state index in [0.29, 0.717) is 27.3 Å². The van der Waals surface area contributed by atoms with E-state index in [1.54, 1.807) is 31.2 Å². The van der Waals surface area contributed by atoms with Gasteiger partial charge in [-0.15, -0.1) is 10.2 Å². The highest BCUT2D eigenvalue weighted by atomic mass is 32.2. The van der Waals surface area contributed by atoms with Crippen molar-refractivity contribution < 1.29 is 19.1 Å². The molecule has 0 unspecified atom stereocenters. The molecular formula is C15H16N4O4S2. The van der Waals surface area contributed by atoms with Gasteiger partial charge in [-0.3, -0.25) is 9.59 Å². The summed E-state index contributed by atoms with van der Waals surface area (Å²) in [5, 5.41) is 13.3. The highest BCUT2D eigenvalue weighted by molar-refractivity contribution is 8.01. The highest BCUT2D eigenvalue weighted by Gasteiger charge is 2.10. The lowest BCUT2D eigenvalue weighted by molar-refractivity contribution is -0.114. The first-order valence-corrected chi connectivity index (χ1v) is 9.09. The Morgan fingerprint density at radius 3 is 2.52 bits per heavy atom. The number of hydrogen-bond acceptors (Lipinski definition) is 8. The highest BCUT2D eigenvalue weighted by Crippen LogP contribution is 2.25. The second-order valence-corrected chi connectivity index (χ2v) is 6.89. The van der Waals surface area contributed by atoms with Crippen LogP contribution in [0.1, 0.15) is 24.2 Å². The molecule has 0 spiro atoms. The van der Waals surface area contributed by atoms with Crippen molar-refractivity contribution in [1.29, 1.82) is 0 Å². The molecule has 0 bridgehead atoms. The standard InChI is InChI=1S/C15H16N4O4S2/c1-3-23-13(22)10-4-6-11(7-5-10)17-12(21)8-24-15-19-18-14(25-15)16-9(2)20/h4-7H,3,8H2,1-2H3,(H,17,21)(H,16,18,20). The van der Waals surface area contributed by atoms with E-state index < -0.39 is 5.97 Å². The summed E-state index contributed by atoms with van der Waals surface area (Å²) in [6.45, 7) is 3.43. The van der Waals surface area contributed by atoms with Gasteiger partial charge in [0.25, 0.3) is 0 Å². The third kappa shape index (κ3) is 6.16. The Hall–Kier alpha value is -2.46. The Labute approximate surface area is 152 Å². The lowest BCUT2D eigenvalue weighted by Gasteiger charge is -2.05. The number of ether oxygens (including phenoxy) is 1. The number of anilines is 2. The van der Waals surface area contributed by atoms with Crippen molar-refractivity contribution in [2.24, 2.45) is 0 Å². The molecule has 10 heteroatoms. The molecule has 25 heavy (non-hydrogen) atoms. The Morgan fingerprint density at radius 2 is 1.88 bits per heavy atom. The molecular weight excluding hydrogens is 364 g/mol. The van der Waals surface area contributed by atoms with Gasteiger partial charge in [0.2, 0.25) is 16.9 Å². The van der Waals surface area contributed by atoms with Gasteiger partial charge in [-0.1, -0.05) is 23.1 Å². The molecule has 2 amide bonds. The van der Waals surface area contributed by atoms with E-state index in [9.17, 15) is 14.4 Å². The van der Waals surface area contributed by atoms with Crippen LogP contribution in [0, 0.1) is 0 Å². The molecule has 1 heterocycles. The van der Waals surface area contributed by atoms with Crippen LogP contribution in [0.5, 0.6) is 0 Å². The van der Waals surface area contributed by atoms with Crippen LogP contribution in [0.15, 0.2) is 28.6 Å². The van der Waals surface area contributed by atoms with E-state index in [4.69, 9.17) is 4.74 Å². The monoisotopic (exact) mass is 380 g/mol. The number of nitrogens with zero attached hydrogens (tertiary/aromatic N) is 2. The number of hydrogen-bond donors (Lipinski definition) is 2. The van der Waals surface area contributed by atoms with Gasteiger partial charge in [0, 0.05) is 12.6 Å². The summed E-state index contributed by atoms with van der Waals surface area (Å²) in [6.07, 6.45) is 0. The van der Waals surface area contributed by atoms with Gasteiger partial charge in [-0.25, -0.2) is 4.79 Å². The van der Waals surface area contributed by atoms with Gasteiger partial charge >= 0.3 is 5.97 Å². The number of carbonyl (C=O) groups is 3. The van der Waals surface area contributed by atoms with E-state index in [-0.39, 0.29) is 17.6 Å². The first kappa shape index (κ1) is 18.9. The summed E-state index contributed by atoms with van der Waals surface area (Å²) in [4.78, 5) is 34.4. The van der Waals surface area contributed by atoms with Crippen LogP contribution >= 0.6 is 23.1 Å². The molecule has 2 rings (SSSR count). The molecule has 0 radical (unpaired) electrons. The van der Waals surface area contributed by atoms with Crippen molar-refractivity contribution in [3.63, 3.8) is 0 Å². The lowest BCUT2D eigenvalue weighted by Crippen LogP contribution is -2.14. The van der Waals surface area contributed by atoms with Crippen molar-refractivity contribution in [3.8, 4) is 0 Å². The van der Waals surface area contributed by atoms with Gasteiger partial charge in [-0.2, -0.15) is 0 Å². The minimum absolute atomic E-state index is 0.147. The van der Waals surface area contributed by atoms with E-state index in [1.807, 2.05) is 0 Å². The van der Waals surface area contributed by atoms with Crippen LogP contribution < -0.4 is 10.6 Å². The molecule has 0 aliphatic heterocycles. The average Bonchev–Trinajstić information content (AvgIpc) is 3.00. The van der Waals surface area contributed by atoms with Gasteiger partial charge < -0.3 is 15.4 Å². The number of thioether (sulfide) groups is 1.